The molecule has 2 aromatic rings. The molecule has 0 fully saturated rings. The van der Waals surface area contributed by atoms with Gasteiger partial charge in [0.15, 0.2) is 5.82 Å². The van der Waals surface area contributed by atoms with Gasteiger partial charge in [-0.3, -0.25) is 4.79 Å². The van der Waals surface area contributed by atoms with Gasteiger partial charge in [0.05, 0.1) is 5.69 Å². The smallest absolute Gasteiger partial charge is 0.267 e. The normalized spacial score (nSPS) is 13.3. The second-order valence-electron chi connectivity index (χ2n) is 4.65. The number of carbonyl (C=O) groups is 1. The number of nitrogens with two attached hydrogens (primary N) is 2. The average Bonchev–Trinajstić information content (AvgIpc) is 2.82. The summed E-state index contributed by atoms with van der Waals surface area (Å²) >= 11 is 0. The number of primary amides is 1. The van der Waals surface area contributed by atoms with Gasteiger partial charge in [-0.15, -0.1) is 0 Å². The highest BCUT2D eigenvalue weighted by Gasteiger charge is 2.24. The van der Waals surface area contributed by atoms with Gasteiger partial charge in [-0.05, 0) is 36.2 Å². The van der Waals surface area contributed by atoms with Crippen molar-refractivity contribution in [3.05, 3.63) is 47.4 Å². The molecule has 1 amide bonds. The van der Waals surface area contributed by atoms with Crippen LogP contribution in [0.1, 0.15) is 16.1 Å². The van der Waals surface area contributed by atoms with Gasteiger partial charge in [0.2, 0.25) is 0 Å². The Bertz CT molecular complexity index is 702. The first-order valence-electron chi connectivity index (χ1n) is 6.18. The molecule has 0 atom stereocenters. The van der Waals surface area contributed by atoms with Crippen LogP contribution in [0.25, 0.3) is 0 Å². The molecule has 1 aliphatic rings. The molecule has 6 heteroatoms. The molecule has 0 saturated carbocycles. The summed E-state index contributed by atoms with van der Waals surface area (Å²) in [6.07, 6.45) is 0.775. The van der Waals surface area contributed by atoms with Crippen molar-refractivity contribution >= 4 is 23.1 Å². The van der Waals surface area contributed by atoms with E-state index in [1.54, 1.807) is 17.0 Å². The number of nitrogen functional groups attached to an aromatic ring is 1. The molecule has 4 N–H and O–H groups in total. The predicted octanol–water partition coefficient (Wildman–Crippen LogP) is 1.60. The number of amides is 1. The number of rotatable bonds is 2. The highest BCUT2D eigenvalue weighted by molar-refractivity contribution is 5.92. The van der Waals surface area contributed by atoms with Crippen LogP contribution in [0.15, 0.2) is 30.3 Å². The Morgan fingerprint density at radius 2 is 2.10 bits per heavy atom. The number of hydrogen-bond donors (Lipinski definition) is 2. The number of fused-ring (bicyclic) bond motifs is 1. The Labute approximate surface area is 115 Å². The summed E-state index contributed by atoms with van der Waals surface area (Å²) in [6.45, 7) is 0.637. The first kappa shape index (κ1) is 12.4. The largest absolute Gasteiger partial charge is 0.396 e. The van der Waals surface area contributed by atoms with Crippen molar-refractivity contribution in [2.45, 2.75) is 6.42 Å². The third kappa shape index (κ3) is 1.95. The van der Waals surface area contributed by atoms with E-state index in [0.29, 0.717) is 18.1 Å². The van der Waals surface area contributed by atoms with Crippen LogP contribution >= 0.6 is 0 Å². The van der Waals surface area contributed by atoms with Crippen molar-refractivity contribution in [2.75, 3.05) is 17.2 Å². The zero-order valence-electron chi connectivity index (χ0n) is 10.6. The minimum atomic E-state index is -0.620. The van der Waals surface area contributed by atoms with Crippen molar-refractivity contribution in [1.29, 1.82) is 0 Å². The van der Waals surface area contributed by atoms with Gasteiger partial charge in [-0.1, -0.05) is 6.07 Å². The van der Waals surface area contributed by atoms with Crippen LogP contribution in [0.2, 0.25) is 0 Å². The minimum absolute atomic E-state index is 0.138. The average molecular weight is 272 g/mol. The Morgan fingerprint density at radius 3 is 2.85 bits per heavy atom. The second kappa shape index (κ2) is 4.48. The van der Waals surface area contributed by atoms with Crippen LogP contribution < -0.4 is 16.4 Å². The number of benzene rings is 1. The maximum Gasteiger partial charge on any atom is 0.267 e. The molecule has 3 rings (SSSR count). The van der Waals surface area contributed by atoms with Crippen molar-refractivity contribution in [3.63, 3.8) is 0 Å². The maximum absolute atomic E-state index is 13.4. The molecule has 0 radical (unpaired) electrons. The lowest BCUT2D eigenvalue weighted by Crippen LogP contribution is -2.20. The molecule has 0 bridgehead atoms. The van der Waals surface area contributed by atoms with E-state index in [1.165, 1.54) is 18.2 Å². The van der Waals surface area contributed by atoms with Crippen molar-refractivity contribution in [1.82, 2.24) is 4.98 Å². The van der Waals surface area contributed by atoms with Crippen LogP contribution in [0.4, 0.5) is 21.6 Å². The Balaban J connectivity index is 2.10. The van der Waals surface area contributed by atoms with E-state index in [9.17, 15) is 9.18 Å². The monoisotopic (exact) mass is 272 g/mol. The molecule has 1 aromatic heterocycles. The van der Waals surface area contributed by atoms with Crippen molar-refractivity contribution < 1.29 is 9.18 Å². The van der Waals surface area contributed by atoms with Gasteiger partial charge in [0.1, 0.15) is 11.5 Å². The summed E-state index contributed by atoms with van der Waals surface area (Å²) in [4.78, 5) is 17.2. The molecule has 5 nitrogen and oxygen atoms in total. The molecule has 20 heavy (non-hydrogen) atoms. The highest BCUT2D eigenvalue weighted by Crippen LogP contribution is 2.36. The Hall–Kier alpha value is -2.63. The van der Waals surface area contributed by atoms with Crippen LogP contribution in [-0.4, -0.2) is 17.4 Å². The predicted molar refractivity (Wildman–Crippen MR) is 74.3 cm³/mol. The van der Waals surface area contributed by atoms with Crippen LogP contribution in [0.5, 0.6) is 0 Å². The fraction of sp³-hybridized carbons (Fsp3) is 0.143. The third-order valence-corrected chi connectivity index (χ3v) is 3.36. The van der Waals surface area contributed by atoms with Gasteiger partial charge in [-0.2, -0.15) is 0 Å². The van der Waals surface area contributed by atoms with Gasteiger partial charge in [-0.25, -0.2) is 9.37 Å². The molecule has 2 heterocycles. The number of pyridine rings is 1. The zero-order valence-corrected chi connectivity index (χ0v) is 10.6. The summed E-state index contributed by atoms with van der Waals surface area (Å²) < 4.78 is 13.4. The Kier molecular flexibility index (Phi) is 2.78. The lowest BCUT2D eigenvalue weighted by atomic mass is 10.2. The Morgan fingerprint density at radius 1 is 1.30 bits per heavy atom. The number of carbonyl (C=O) groups excluding carboxylic acids is 1. The van der Waals surface area contributed by atoms with Crippen LogP contribution in [0.3, 0.4) is 0 Å². The summed E-state index contributed by atoms with van der Waals surface area (Å²) in [5.74, 6) is -0.504. The zero-order chi connectivity index (χ0) is 14.3. The molecule has 0 saturated heterocycles. The van der Waals surface area contributed by atoms with Gasteiger partial charge < -0.3 is 16.4 Å². The lowest BCUT2D eigenvalue weighted by molar-refractivity contribution is 0.0995. The molecule has 1 aliphatic heterocycles. The number of aromatic nitrogens is 1. The first-order chi connectivity index (χ1) is 9.56. The fourth-order valence-corrected chi connectivity index (χ4v) is 2.38. The highest BCUT2D eigenvalue weighted by atomic mass is 19.1. The summed E-state index contributed by atoms with van der Waals surface area (Å²) in [7, 11) is 0. The molecular formula is C14H13FN4O. The van der Waals surface area contributed by atoms with E-state index in [2.05, 4.69) is 4.98 Å². The lowest BCUT2D eigenvalue weighted by Gasteiger charge is -2.20. The summed E-state index contributed by atoms with van der Waals surface area (Å²) in [5, 5.41) is 0. The molecular weight excluding hydrogens is 259 g/mol. The van der Waals surface area contributed by atoms with E-state index >= 15 is 0 Å². The minimum Gasteiger partial charge on any atom is -0.396 e. The second-order valence-corrected chi connectivity index (χ2v) is 4.65. The number of halogens is 1. The number of hydrogen-bond acceptors (Lipinski definition) is 4. The van der Waals surface area contributed by atoms with E-state index in [1.807, 2.05) is 0 Å². The maximum atomic E-state index is 13.4. The van der Waals surface area contributed by atoms with Crippen LogP contribution in [-0.2, 0) is 6.42 Å². The quantitative estimate of drug-likeness (QED) is 0.869. The molecule has 0 unspecified atom stereocenters. The first-order valence-corrected chi connectivity index (χ1v) is 6.18. The third-order valence-electron chi connectivity index (χ3n) is 3.36. The number of anilines is 3. The van der Waals surface area contributed by atoms with E-state index in [4.69, 9.17) is 11.5 Å². The van der Waals surface area contributed by atoms with Crippen molar-refractivity contribution in [3.8, 4) is 0 Å². The van der Waals surface area contributed by atoms with Crippen molar-refractivity contribution in [2.24, 2.45) is 5.73 Å². The summed E-state index contributed by atoms with van der Waals surface area (Å²) in [6, 6.07) is 7.68. The fourth-order valence-electron chi connectivity index (χ4n) is 2.38. The van der Waals surface area contributed by atoms with Gasteiger partial charge in [0, 0.05) is 12.2 Å². The standard InChI is InChI=1S/C14H13FN4O/c15-9-2-1-8-5-6-19(12(8)7-9)14-10(16)3-4-11(18-14)13(17)20/h1-4,7H,5-6,16H2,(H2,17,20). The molecule has 1 aromatic carbocycles. The SMILES string of the molecule is NC(=O)c1ccc(N)c(N2CCc3ccc(F)cc32)n1. The number of nitrogens with zero attached hydrogens (tertiary/aromatic N) is 2. The van der Waals surface area contributed by atoms with E-state index in [0.717, 1.165) is 17.7 Å². The van der Waals surface area contributed by atoms with Crippen LogP contribution in [0, 0.1) is 5.82 Å². The van der Waals surface area contributed by atoms with Gasteiger partial charge in [0.25, 0.3) is 5.91 Å². The molecule has 0 spiro atoms. The topological polar surface area (TPSA) is 85.2 Å². The van der Waals surface area contributed by atoms with E-state index in [-0.39, 0.29) is 11.5 Å². The molecule has 0 aliphatic carbocycles. The molecule has 102 valence electrons. The van der Waals surface area contributed by atoms with E-state index < -0.39 is 5.91 Å². The summed E-state index contributed by atoms with van der Waals surface area (Å²) in [5.41, 5.74) is 13.5. The van der Waals surface area contributed by atoms with Gasteiger partial charge >= 0.3 is 0 Å².